The molecule has 212 valence electrons. The van der Waals surface area contributed by atoms with Crippen LogP contribution in [0.5, 0.6) is 0 Å². The quantitative estimate of drug-likeness (QED) is 0.345. The number of hydrogen-bond donors (Lipinski definition) is 3. The van der Waals surface area contributed by atoms with Gasteiger partial charge in [0.25, 0.3) is 0 Å². The Kier molecular flexibility index (Phi) is 8.59. The summed E-state index contributed by atoms with van der Waals surface area (Å²) in [6, 6.07) is 7.32. The molecule has 0 spiro atoms. The van der Waals surface area contributed by atoms with E-state index < -0.39 is 6.04 Å². The second kappa shape index (κ2) is 12.5. The molecule has 40 heavy (non-hydrogen) atoms. The second-order valence-corrected chi connectivity index (χ2v) is 10.7. The van der Waals surface area contributed by atoms with Crippen LogP contribution in [0.25, 0.3) is 5.65 Å². The van der Waals surface area contributed by atoms with Crippen LogP contribution < -0.4 is 16.0 Å². The van der Waals surface area contributed by atoms with Crippen LogP contribution in [0.3, 0.4) is 0 Å². The average molecular weight is 547 g/mol. The van der Waals surface area contributed by atoms with E-state index in [0.717, 1.165) is 49.1 Å². The number of hydrogen-bond acceptors (Lipinski definition) is 8. The Morgan fingerprint density at radius 3 is 2.85 bits per heavy atom. The Hall–Kier alpha value is -3.99. The van der Waals surface area contributed by atoms with Crippen LogP contribution in [-0.2, 0) is 20.9 Å². The molecule has 3 N–H and O–H groups in total. The van der Waals surface area contributed by atoms with Crippen LogP contribution in [0, 0.1) is 0 Å². The number of nitrogens with one attached hydrogen (secondary N) is 3. The van der Waals surface area contributed by atoms with Crippen LogP contribution in [0.2, 0.25) is 0 Å². The third kappa shape index (κ3) is 6.25. The van der Waals surface area contributed by atoms with Crippen molar-refractivity contribution in [2.75, 3.05) is 35.7 Å². The van der Waals surface area contributed by atoms with Crippen molar-refractivity contribution in [1.29, 1.82) is 0 Å². The molecule has 2 amide bonds. The Labute approximate surface area is 234 Å². The van der Waals surface area contributed by atoms with Crippen molar-refractivity contribution in [2.45, 2.75) is 70.5 Å². The van der Waals surface area contributed by atoms with Gasteiger partial charge in [0.15, 0.2) is 5.65 Å². The lowest BCUT2D eigenvalue weighted by Crippen LogP contribution is -2.49. The Morgan fingerprint density at radius 1 is 1.20 bits per heavy atom. The molecule has 4 heterocycles. The van der Waals surface area contributed by atoms with E-state index in [0.29, 0.717) is 43.7 Å². The van der Waals surface area contributed by atoms with Gasteiger partial charge in [-0.15, -0.1) is 0 Å². The molecule has 3 aromatic rings. The van der Waals surface area contributed by atoms with E-state index in [1.807, 2.05) is 30.5 Å². The number of likely N-dealkylation sites (tertiary alicyclic amines) is 1. The summed E-state index contributed by atoms with van der Waals surface area (Å²) in [7, 11) is 0. The van der Waals surface area contributed by atoms with E-state index in [1.54, 1.807) is 9.42 Å². The average Bonchev–Trinajstić information content (AvgIpc) is 3.41. The van der Waals surface area contributed by atoms with Crippen LogP contribution in [0.4, 0.5) is 17.6 Å². The predicted octanol–water partition coefficient (Wildman–Crippen LogP) is 3.96. The minimum atomic E-state index is -0.495. The molecule has 0 bridgehead atoms. The number of ether oxygens (including phenoxy) is 1. The monoisotopic (exact) mass is 546 g/mol. The molecule has 2 saturated heterocycles. The first kappa shape index (κ1) is 27.6. The molecule has 2 fully saturated rings. The van der Waals surface area contributed by atoms with Gasteiger partial charge in [0, 0.05) is 30.9 Å². The number of nitrogens with zero attached hydrogens (tertiary/aromatic N) is 5. The fourth-order valence-corrected chi connectivity index (χ4v) is 5.27. The first-order valence-corrected chi connectivity index (χ1v) is 14.1. The zero-order chi connectivity index (χ0) is 28.1. The topological polar surface area (TPSA) is 126 Å². The zero-order valence-electron chi connectivity index (χ0n) is 23.2. The van der Waals surface area contributed by atoms with Gasteiger partial charge in [-0.25, -0.2) is 0 Å². The minimum Gasteiger partial charge on any atom is -0.379 e. The predicted molar refractivity (Wildman–Crippen MR) is 154 cm³/mol. The molecular formula is C29H38N8O3. The van der Waals surface area contributed by atoms with Gasteiger partial charge in [0.05, 0.1) is 18.8 Å². The molecule has 0 saturated carbocycles. The summed E-state index contributed by atoms with van der Waals surface area (Å²) in [5.74, 6) is 0.982. The number of amides is 2. The van der Waals surface area contributed by atoms with Crippen molar-refractivity contribution in [3.8, 4) is 0 Å². The molecular weight excluding hydrogens is 508 g/mol. The van der Waals surface area contributed by atoms with Gasteiger partial charge in [-0.3, -0.25) is 9.59 Å². The van der Waals surface area contributed by atoms with Gasteiger partial charge in [-0.1, -0.05) is 32.6 Å². The van der Waals surface area contributed by atoms with Gasteiger partial charge in [0.1, 0.15) is 6.04 Å². The zero-order valence-corrected chi connectivity index (χ0v) is 23.2. The number of fused-ring (bicyclic) bond motifs is 1. The number of carbonyl (C=O) groups is 2. The van der Waals surface area contributed by atoms with Crippen molar-refractivity contribution in [3.63, 3.8) is 0 Å². The van der Waals surface area contributed by atoms with Gasteiger partial charge in [-0.2, -0.15) is 19.6 Å². The maximum atomic E-state index is 13.1. The fraction of sp³-hybridized carbons (Fsp3) is 0.483. The fourth-order valence-electron chi connectivity index (χ4n) is 5.27. The van der Waals surface area contributed by atoms with Gasteiger partial charge >= 0.3 is 0 Å². The Bertz CT molecular complexity index is 1360. The van der Waals surface area contributed by atoms with Crippen LogP contribution in [0.15, 0.2) is 43.1 Å². The molecule has 11 nitrogen and oxygen atoms in total. The van der Waals surface area contributed by atoms with E-state index in [1.165, 1.54) is 6.08 Å². The lowest BCUT2D eigenvalue weighted by Gasteiger charge is -2.34. The molecule has 2 atom stereocenters. The first-order valence-electron chi connectivity index (χ1n) is 14.1. The number of carbonyl (C=O) groups excluding carboxylic acids is 2. The van der Waals surface area contributed by atoms with E-state index in [2.05, 4.69) is 41.5 Å². The van der Waals surface area contributed by atoms with E-state index in [-0.39, 0.29) is 23.8 Å². The van der Waals surface area contributed by atoms with Crippen molar-refractivity contribution >= 4 is 35.0 Å². The third-order valence-corrected chi connectivity index (χ3v) is 7.42. The Balaban J connectivity index is 1.31. The van der Waals surface area contributed by atoms with Gasteiger partial charge in [0.2, 0.25) is 23.7 Å². The summed E-state index contributed by atoms with van der Waals surface area (Å²) >= 11 is 0. The van der Waals surface area contributed by atoms with Crippen molar-refractivity contribution < 1.29 is 14.3 Å². The summed E-state index contributed by atoms with van der Waals surface area (Å²) in [5, 5.41) is 14.4. The molecule has 11 heteroatoms. The maximum absolute atomic E-state index is 13.1. The summed E-state index contributed by atoms with van der Waals surface area (Å²) in [4.78, 5) is 36.5. The third-order valence-electron chi connectivity index (χ3n) is 7.42. The first-order chi connectivity index (χ1) is 19.4. The highest BCUT2D eigenvalue weighted by Crippen LogP contribution is 2.24. The summed E-state index contributed by atoms with van der Waals surface area (Å²) in [5.41, 5.74) is 3.44. The molecule has 5 rings (SSSR count). The molecule has 2 aliphatic heterocycles. The summed E-state index contributed by atoms with van der Waals surface area (Å²) < 4.78 is 7.35. The van der Waals surface area contributed by atoms with Crippen LogP contribution in [-0.4, -0.2) is 68.1 Å². The van der Waals surface area contributed by atoms with E-state index in [4.69, 9.17) is 14.7 Å². The van der Waals surface area contributed by atoms with Crippen molar-refractivity contribution in [1.82, 2.24) is 24.5 Å². The van der Waals surface area contributed by atoms with E-state index >= 15 is 0 Å². The highest BCUT2D eigenvalue weighted by molar-refractivity contribution is 5.99. The highest BCUT2D eigenvalue weighted by atomic mass is 16.5. The highest BCUT2D eigenvalue weighted by Gasteiger charge is 2.31. The lowest BCUT2D eigenvalue weighted by atomic mass is 10.0. The molecule has 2 aliphatic rings. The van der Waals surface area contributed by atoms with Gasteiger partial charge < -0.3 is 25.6 Å². The van der Waals surface area contributed by atoms with Crippen LogP contribution >= 0.6 is 0 Å². The molecule has 1 aromatic carbocycles. The number of rotatable bonds is 9. The molecule has 1 unspecified atom stereocenters. The van der Waals surface area contributed by atoms with Gasteiger partial charge in [-0.05, 0) is 61.8 Å². The van der Waals surface area contributed by atoms with Crippen molar-refractivity contribution in [2.24, 2.45) is 0 Å². The smallest absolute Gasteiger partial charge is 0.247 e. The largest absolute Gasteiger partial charge is 0.379 e. The number of aromatic nitrogens is 4. The SMILES string of the molecule is C=CC(=O)N1CCCCC1C(=O)Nc1cccc(CNc2nc(N[C@@H]3CCCOC3)nc3c(C(C)C)cnn23)c1. The maximum Gasteiger partial charge on any atom is 0.247 e. The molecule has 0 radical (unpaired) electrons. The number of benzene rings is 1. The van der Waals surface area contributed by atoms with E-state index in [9.17, 15) is 9.59 Å². The number of anilines is 3. The molecule has 2 aromatic heterocycles. The normalized spacial score (nSPS) is 19.4. The minimum absolute atomic E-state index is 0.164. The second-order valence-electron chi connectivity index (χ2n) is 10.7. The standard InChI is InChI=1S/C29H38N8O3/c1-4-25(38)36-13-6-5-12-24(36)27(39)32-21-10-7-9-20(15-21)16-30-29-35-28(33-22-11-8-14-40-18-22)34-26-23(19(2)3)17-31-37(26)29/h4,7,9-10,15,17,19,22,24H,1,5-6,8,11-14,16,18H2,2-3H3,(H,32,39)(H2,30,33,34,35)/t22-,24?/m1/s1. The lowest BCUT2D eigenvalue weighted by molar-refractivity contribution is -0.136. The van der Waals surface area contributed by atoms with Crippen LogP contribution in [0.1, 0.15) is 63.0 Å². The van der Waals surface area contributed by atoms with Crippen molar-refractivity contribution in [3.05, 3.63) is 54.2 Å². The molecule has 0 aliphatic carbocycles. The summed E-state index contributed by atoms with van der Waals surface area (Å²) in [6.45, 7) is 10.3. The summed E-state index contributed by atoms with van der Waals surface area (Å²) in [6.07, 6.45) is 7.57. The Morgan fingerprint density at radius 2 is 2.08 bits per heavy atom. The number of piperidine rings is 1.